The molecule has 0 aliphatic carbocycles. The highest BCUT2D eigenvalue weighted by Crippen LogP contribution is 2.35. The van der Waals surface area contributed by atoms with Crippen molar-refractivity contribution in [1.29, 1.82) is 0 Å². The quantitative estimate of drug-likeness (QED) is 0.555. The number of rotatable bonds is 5. The van der Waals surface area contributed by atoms with Crippen LogP contribution in [0.15, 0.2) is 22.7 Å². The molecule has 1 aromatic carbocycles. The average Bonchev–Trinajstić information content (AvgIpc) is 2.98. The van der Waals surface area contributed by atoms with Crippen LogP contribution in [0, 0.1) is 12.7 Å². The summed E-state index contributed by atoms with van der Waals surface area (Å²) in [6.45, 7) is 3.96. The van der Waals surface area contributed by atoms with E-state index in [1.807, 2.05) is 4.90 Å². The summed E-state index contributed by atoms with van der Waals surface area (Å²) in [5.74, 6) is -0.516. The van der Waals surface area contributed by atoms with Crippen molar-refractivity contribution in [3.8, 4) is 0 Å². The summed E-state index contributed by atoms with van der Waals surface area (Å²) in [4.78, 5) is 16.2. The van der Waals surface area contributed by atoms with E-state index in [0.29, 0.717) is 49.0 Å². The molecule has 0 spiro atoms. The first-order valence-electron chi connectivity index (χ1n) is 9.31. The fourth-order valence-corrected chi connectivity index (χ4v) is 4.08. The van der Waals surface area contributed by atoms with Crippen LogP contribution in [0.2, 0.25) is 5.02 Å². The molecule has 0 radical (unpaired) electrons. The minimum Gasteiger partial charge on any atom is -0.340 e. The van der Waals surface area contributed by atoms with Crippen molar-refractivity contribution in [3.63, 3.8) is 0 Å². The molecule has 1 saturated heterocycles. The number of alkyl halides is 3. The van der Waals surface area contributed by atoms with Gasteiger partial charge < -0.3 is 4.90 Å². The number of piperazine rings is 1. The van der Waals surface area contributed by atoms with Crippen molar-refractivity contribution < 1.29 is 22.4 Å². The standard InChI is InChI=1S/C19H20BrClF4N4O/c1-12-17(20)18(19(23,24)25)26-29(12)6-5-16(30)28-9-7-27(8-10-28)11-13-14(21)3-2-4-15(13)22/h2-4H,5-11H2,1H3. The second kappa shape index (κ2) is 9.23. The Labute approximate surface area is 184 Å². The molecule has 0 bridgehead atoms. The van der Waals surface area contributed by atoms with Gasteiger partial charge in [-0.05, 0) is 35.0 Å². The van der Waals surface area contributed by atoms with Crippen molar-refractivity contribution in [2.75, 3.05) is 26.2 Å². The number of hydrogen-bond acceptors (Lipinski definition) is 3. The molecule has 3 rings (SSSR count). The van der Waals surface area contributed by atoms with Gasteiger partial charge >= 0.3 is 6.18 Å². The second-order valence-electron chi connectivity index (χ2n) is 7.08. The Kier molecular flexibility index (Phi) is 7.09. The number of amides is 1. The van der Waals surface area contributed by atoms with Gasteiger partial charge in [0.05, 0.1) is 16.7 Å². The zero-order chi connectivity index (χ0) is 22.1. The molecule has 0 unspecified atom stereocenters. The van der Waals surface area contributed by atoms with Gasteiger partial charge in [0.15, 0.2) is 5.69 Å². The van der Waals surface area contributed by atoms with Crippen LogP contribution in [0.4, 0.5) is 17.6 Å². The maximum absolute atomic E-state index is 14.0. The zero-order valence-electron chi connectivity index (χ0n) is 16.1. The molecule has 0 saturated carbocycles. The summed E-state index contributed by atoms with van der Waals surface area (Å²) in [5.41, 5.74) is -0.242. The maximum Gasteiger partial charge on any atom is 0.436 e. The van der Waals surface area contributed by atoms with Crippen LogP contribution >= 0.6 is 27.5 Å². The SMILES string of the molecule is Cc1c(Br)c(C(F)(F)F)nn1CCC(=O)N1CCN(Cc2c(F)cccc2Cl)CC1. The van der Waals surface area contributed by atoms with Gasteiger partial charge in [0.1, 0.15) is 5.82 Å². The minimum absolute atomic E-state index is 0.0470. The maximum atomic E-state index is 14.0. The summed E-state index contributed by atoms with van der Waals surface area (Å²) in [6.07, 6.45) is -4.51. The molecular weight excluding hydrogens is 492 g/mol. The molecule has 164 valence electrons. The molecule has 1 aromatic heterocycles. The monoisotopic (exact) mass is 510 g/mol. The summed E-state index contributed by atoms with van der Waals surface area (Å²) in [6, 6.07) is 4.55. The smallest absolute Gasteiger partial charge is 0.340 e. The van der Waals surface area contributed by atoms with Gasteiger partial charge in [-0.2, -0.15) is 18.3 Å². The van der Waals surface area contributed by atoms with Gasteiger partial charge in [-0.15, -0.1) is 0 Å². The van der Waals surface area contributed by atoms with E-state index in [4.69, 9.17) is 11.6 Å². The number of nitrogens with zero attached hydrogens (tertiary/aromatic N) is 4. The molecule has 5 nitrogen and oxygen atoms in total. The Morgan fingerprint density at radius 1 is 1.23 bits per heavy atom. The number of hydrogen-bond donors (Lipinski definition) is 0. The van der Waals surface area contributed by atoms with E-state index in [0.717, 1.165) is 0 Å². The highest BCUT2D eigenvalue weighted by Gasteiger charge is 2.38. The van der Waals surface area contributed by atoms with E-state index in [2.05, 4.69) is 21.0 Å². The fourth-order valence-electron chi connectivity index (χ4n) is 3.35. The summed E-state index contributed by atoms with van der Waals surface area (Å²) < 4.78 is 53.9. The number of aryl methyl sites for hydroxylation is 1. The van der Waals surface area contributed by atoms with E-state index in [9.17, 15) is 22.4 Å². The van der Waals surface area contributed by atoms with E-state index < -0.39 is 11.9 Å². The van der Waals surface area contributed by atoms with E-state index >= 15 is 0 Å². The largest absolute Gasteiger partial charge is 0.436 e. The molecule has 30 heavy (non-hydrogen) atoms. The molecule has 11 heteroatoms. The van der Waals surface area contributed by atoms with Crippen LogP contribution in [0.3, 0.4) is 0 Å². The third-order valence-electron chi connectivity index (χ3n) is 5.11. The molecule has 2 aromatic rings. The Morgan fingerprint density at radius 2 is 1.90 bits per heavy atom. The number of halogens is 6. The van der Waals surface area contributed by atoms with Gasteiger partial charge in [0.2, 0.25) is 5.91 Å². The van der Waals surface area contributed by atoms with Gasteiger partial charge in [0, 0.05) is 49.7 Å². The fraction of sp³-hybridized carbons (Fsp3) is 0.474. The van der Waals surface area contributed by atoms with Crippen LogP contribution < -0.4 is 0 Å². The van der Waals surface area contributed by atoms with Gasteiger partial charge in [-0.25, -0.2) is 4.39 Å². The molecule has 0 atom stereocenters. The van der Waals surface area contributed by atoms with Crippen LogP contribution in [0.5, 0.6) is 0 Å². The van der Waals surface area contributed by atoms with E-state index in [-0.39, 0.29) is 29.2 Å². The van der Waals surface area contributed by atoms with Crippen molar-refractivity contribution in [2.24, 2.45) is 0 Å². The van der Waals surface area contributed by atoms with Crippen LogP contribution in [-0.2, 0) is 24.1 Å². The molecule has 1 aliphatic heterocycles. The van der Waals surface area contributed by atoms with Gasteiger partial charge in [-0.3, -0.25) is 14.4 Å². The second-order valence-corrected chi connectivity index (χ2v) is 8.28. The van der Waals surface area contributed by atoms with Gasteiger partial charge in [-0.1, -0.05) is 17.7 Å². The van der Waals surface area contributed by atoms with Crippen molar-refractivity contribution in [1.82, 2.24) is 19.6 Å². The number of benzene rings is 1. The number of carbonyl (C=O) groups is 1. The molecule has 1 fully saturated rings. The third-order valence-corrected chi connectivity index (χ3v) is 6.41. The average molecular weight is 512 g/mol. The lowest BCUT2D eigenvalue weighted by atomic mass is 10.1. The lowest BCUT2D eigenvalue weighted by molar-refractivity contribution is -0.142. The molecule has 1 amide bonds. The molecule has 2 heterocycles. The van der Waals surface area contributed by atoms with Crippen molar-refractivity contribution >= 4 is 33.4 Å². The Morgan fingerprint density at radius 3 is 2.47 bits per heavy atom. The van der Waals surface area contributed by atoms with Crippen LogP contribution in [0.25, 0.3) is 0 Å². The Balaban J connectivity index is 1.53. The Hall–Kier alpha value is -1.65. The predicted molar refractivity (Wildman–Crippen MR) is 108 cm³/mol. The molecule has 1 aliphatic rings. The summed E-state index contributed by atoms with van der Waals surface area (Å²) >= 11 is 8.99. The topological polar surface area (TPSA) is 41.4 Å². The third kappa shape index (κ3) is 5.15. The molecule has 0 N–H and O–H groups in total. The normalized spacial score (nSPS) is 15.6. The first-order chi connectivity index (χ1) is 14.1. The predicted octanol–water partition coefficient (Wildman–Crippen LogP) is 4.50. The molecular formula is C19H20BrClF4N4O. The van der Waals surface area contributed by atoms with E-state index in [1.165, 1.54) is 17.7 Å². The highest BCUT2D eigenvalue weighted by molar-refractivity contribution is 9.10. The van der Waals surface area contributed by atoms with Crippen LogP contribution in [0.1, 0.15) is 23.4 Å². The summed E-state index contributed by atoms with van der Waals surface area (Å²) in [7, 11) is 0. The zero-order valence-corrected chi connectivity index (χ0v) is 18.5. The van der Waals surface area contributed by atoms with Crippen molar-refractivity contribution in [3.05, 3.63) is 50.5 Å². The van der Waals surface area contributed by atoms with Gasteiger partial charge in [0.25, 0.3) is 0 Å². The van der Waals surface area contributed by atoms with Crippen LogP contribution in [-0.4, -0.2) is 51.7 Å². The van der Waals surface area contributed by atoms with Crippen molar-refractivity contribution in [2.45, 2.75) is 32.6 Å². The summed E-state index contributed by atoms with van der Waals surface area (Å²) in [5, 5.41) is 3.96. The highest BCUT2D eigenvalue weighted by atomic mass is 79.9. The lowest BCUT2D eigenvalue weighted by Gasteiger charge is -2.35. The minimum atomic E-state index is -4.56. The van der Waals surface area contributed by atoms with E-state index in [1.54, 1.807) is 17.0 Å². The number of aromatic nitrogens is 2. The lowest BCUT2D eigenvalue weighted by Crippen LogP contribution is -2.48. The first-order valence-corrected chi connectivity index (χ1v) is 10.5. The first kappa shape index (κ1) is 23.0. The Bertz CT molecular complexity index is 906. The number of carbonyl (C=O) groups excluding carboxylic acids is 1.